The third-order valence-electron chi connectivity index (χ3n) is 8.46. The van der Waals surface area contributed by atoms with Crippen molar-refractivity contribution in [1.82, 2.24) is 4.48 Å². The van der Waals surface area contributed by atoms with Gasteiger partial charge in [-0.3, -0.25) is 0 Å². The van der Waals surface area contributed by atoms with Gasteiger partial charge in [0.05, 0.1) is 0 Å². The molecule has 40 heavy (non-hydrogen) atoms. The average molecular weight is 510 g/mol. The van der Waals surface area contributed by atoms with Gasteiger partial charge in [-0.2, -0.15) is 0 Å². The van der Waals surface area contributed by atoms with Crippen LogP contribution in [0.15, 0.2) is 146 Å². The molecule has 0 saturated carbocycles. The molecule has 0 atom stereocenters. The van der Waals surface area contributed by atoms with E-state index in [-0.39, 0.29) is 6.85 Å². The molecule has 0 amide bonds. The summed E-state index contributed by atoms with van der Waals surface area (Å²) in [7, 11) is 2.18. The molecule has 0 fully saturated rings. The van der Waals surface area contributed by atoms with Crippen LogP contribution in [-0.4, -0.2) is 18.4 Å². The fourth-order valence-electron chi connectivity index (χ4n) is 6.57. The first-order chi connectivity index (χ1) is 19.8. The van der Waals surface area contributed by atoms with Crippen LogP contribution in [-0.2, 0) is 0 Å². The number of fused-ring (bicyclic) bond motifs is 5. The highest BCUT2D eigenvalue weighted by molar-refractivity contribution is 6.88. The molecule has 0 saturated heterocycles. The van der Waals surface area contributed by atoms with E-state index in [2.05, 4.69) is 162 Å². The van der Waals surface area contributed by atoms with Crippen molar-refractivity contribution in [1.29, 1.82) is 0 Å². The molecule has 0 unspecified atom stereocenters. The largest absolute Gasteiger partial charge is 0.376 e. The third kappa shape index (κ3) is 3.44. The van der Waals surface area contributed by atoms with E-state index in [1.165, 1.54) is 66.4 Å². The first-order valence-corrected chi connectivity index (χ1v) is 13.9. The van der Waals surface area contributed by atoms with E-state index in [0.29, 0.717) is 0 Å². The Balaban J connectivity index is 1.49. The Hall–Kier alpha value is -5.02. The Morgan fingerprint density at radius 3 is 1.32 bits per heavy atom. The molecule has 8 rings (SSSR count). The Morgan fingerprint density at radius 2 is 0.850 bits per heavy atom. The van der Waals surface area contributed by atoms with E-state index >= 15 is 0 Å². The van der Waals surface area contributed by atoms with E-state index in [1.54, 1.807) is 0 Å². The summed E-state index contributed by atoms with van der Waals surface area (Å²) < 4.78 is 2.59. The fraction of sp³-hybridized carbons (Fsp3) is 0.0270. The maximum atomic E-state index is 2.59. The predicted octanol–water partition coefficient (Wildman–Crippen LogP) is 7.86. The van der Waals surface area contributed by atoms with E-state index in [0.717, 1.165) is 0 Å². The maximum absolute atomic E-state index is 2.59. The molecular weight excluding hydrogens is 483 g/mol. The van der Waals surface area contributed by atoms with Gasteiger partial charge < -0.3 is 9.38 Å². The van der Waals surface area contributed by atoms with Crippen molar-refractivity contribution in [2.45, 2.75) is 0 Å². The van der Waals surface area contributed by atoms with E-state index in [1.807, 2.05) is 0 Å². The van der Waals surface area contributed by atoms with Gasteiger partial charge in [0.2, 0.25) is 0 Å². The van der Waals surface area contributed by atoms with Crippen LogP contribution in [0.25, 0.3) is 44.1 Å². The molecule has 1 aliphatic rings. The number of hydrogen-bond donors (Lipinski definition) is 0. The second-order valence-corrected chi connectivity index (χ2v) is 10.6. The monoisotopic (exact) mass is 510 g/mol. The van der Waals surface area contributed by atoms with E-state index in [9.17, 15) is 0 Å². The SMILES string of the molecule is CN1c2ccccc2B(n2c3cc(-c4ccccc4)ccc3c3ccc(-c4ccccc4)cc32)c2ccccc21. The second-order valence-electron chi connectivity index (χ2n) is 10.6. The minimum absolute atomic E-state index is 0.0423. The quantitative estimate of drug-likeness (QED) is 0.220. The average Bonchev–Trinajstić information content (AvgIpc) is 3.35. The van der Waals surface area contributed by atoms with Crippen LogP contribution in [0.5, 0.6) is 0 Å². The zero-order valence-corrected chi connectivity index (χ0v) is 22.3. The molecule has 1 aromatic heterocycles. The zero-order valence-electron chi connectivity index (χ0n) is 22.3. The molecule has 2 nitrogen and oxygen atoms in total. The first-order valence-electron chi connectivity index (χ1n) is 13.9. The van der Waals surface area contributed by atoms with Crippen LogP contribution in [0.2, 0.25) is 0 Å². The second kappa shape index (κ2) is 9.03. The smallest absolute Gasteiger partial charge is 0.332 e. The van der Waals surface area contributed by atoms with Gasteiger partial charge in [0.25, 0.3) is 0 Å². The Labute approximate surface area is 234 Å². The third-order valence-corrected chi connectivity index (χ3v) is 8.46. The van der Waals surface area contributed by atoms with Crippen molar-refractivity contribution in [3.8, 4) is 22.3 Å². The van der Waals surface area contributed by atoms with Crippen LogP contribution in [0, 0.1) is 0 Å². The molecule has 0 bridgehead atoms. The first kappa shape index (κ1) is 22.9. The molecule has 0 aliphatic carbocycles. The van der Waals surface area contributed by atoms with Crippen LogP contribution in [0.4, 0.5) is 11.4 Å². The lowest BCUT2D eigenvalue weighted by Gasteiger charge is -2.35. The number of nitrogens with zero attached hydrogens (tertiary/aromatic N) is 2. The molecule has 3 heteroatoms. The highest BCUT2D eigenvalue weighted by Crippen LogP contribution is 2.37. The van der Waals surface area contributed by atoms with Crippen LogP contribution >= 0.6 is 0 Å². The van der Waals surface area contributed by atoms with Gasteiger partial charge in [-0.1, -0.05) is 121 Å². The zero-order chi connectivity index (χ0) is 26.6. The van der Waals surface area contributed by atoms with Crippen molar-refractivity contribution in [2.75, 3.05) is 11.9 Å². The molecule has 0 N–H and O–H groups in total. The summed E-state index contributed by atoms with van der Waals surface area (Å²) in [6.45, 7) is 0.0423. The van der Waals surface area contributed by atoms with Gasteiger partial charge >= 0.3 is 6.85 Å². The number of para-hydroxylation sites is 2. The molecule has 1 aliphatic heterocycles. The van der Waals surface area contributed by atoms with E-state index < -0.39 is 0 Å². The minimum Gasteiger partial charge on any atom is -0.376 e. The lowest BCUT2D eigenvalue weighted by Crippen LogP contribution is -2.54. The van der Waals surface area contributed by atoms with Gasteiger partial charge in [-0.15, -0.1) is 0 Å². The van der Waals surface area contributed by atoms with Crippen molar-refractivity contribution in [3.63, 3.8) is 0 Å². The Kier molecular flexibility index (Phi) is 5.18. The van der Waals surface area contributed by atoms with Crippen molar-refractivity contribution in [3.05, 3.63) is 146 Å². The molecule has 0 spiro atoms. The summed E-state index contributed by atoms with van der Waals surface area (Å²) in [6, 6.07) is 53.1. The van der Waals surface area contributed by atoms with Crippen molar-refractivity contribution >= 4 is 51.0 Å². The number of aromatic nitrogens is 1. The normalized spacial score (nSPS) is 12.5. The molecule has 2 heterocycles. The summed E-state index contributed by atoms with van der Waals surface area (Å²) >= 11 is 0. The summed E-state index contributed by atoms with van der Waals surface area (Å²) in [5, 5.41) is 2.56. The topological polar surface area (TPSA) is 8.17 Å². The van der Waals surface area contributed by atoms with Crippen LogP contribution in [0.3, 0.4) is 0 Å². The minimum atomic E-state index is 0.0423. The number of benzene rings is 6. The standard InChI is InChI=1S/C37H27BN2/c1-39-34-18-10-8-16-32(34)38(33-17-9-11-19-35(33)39)40-36-24-28(26-12-4-2-5-13-26)20-22-30(36)31-23-21-29(25-37(31)40)27-14-6-3-7-15-27/h2-25H,1H3. The number of anilines is 2. The van der Waals surface area contributed by atoms with Gasteiger partial charge in [0.1, 0.15) is 0 Å². The summed E-state index contributed by atoms with van der Waals surface area (Å²) in [5.41, 5.74) is 12.6. The number of rotatable bonds is 3. The summed E-state index contributed by atoms with van der Waals surface area (Å²) in [4.78, 5) is 2.33. The van der Waals surface area contributed by atoms with Gasteiger partial charge in [-0.25, -0.2) is 0 Å². The van der Waals surface area contributed by atoms with Crippen molar-refractivity contribution < 1.29 is 0 Å². The van der Waals surface area contributed by atoms with Gasteiger partial charge in [-0.05, 0) is 57.4 Å². The van der Waals surface area contributed by atoms with E-state index in [4.69, 9.17) is 0 Å². The fourth-order valence-corrected chi connectivity index (χ4v) is 6.57. The molecular formula is C37H27BN2. The molecule has 6 aromatic carbocycles. The van der Waals surface area contributed by atoms with Crippen LogP contribution < -0.4 is 15.8 Å². The summed E-state index contributed by atoms with van der Waals surface area (Å²) in [5.74, 6) is 0. The van der Waals surface area contributed by atoms with Gasteiger partial charge in [0.15, 0.2) is 0 Å². The highest BCUT2D eigenvalue weighted by atomic mass is 15.1. The lowest BCUT2D eigenvalue weighted by atomic mass is 9.47. The molecule has 7 aromatic rings. The number of hydrogen-bond acceptors (Lipinski definition) is 1. The van der Waals surface area contributed by atoms with Gasteiger partial charge in [0, 0.05) is 40.2 Å². The Morgan fingerprint density at radius 1 is 0.425 bits per heavy atom. The highest BCUT2D eigenvalue weighted by Gasteiger charge is 2.35. The summed E-state index contributed by atoms with van der Waals surface area (Å²) in [6.07, 6.45) is 0. The molecule has 0 radical (unpaired) electrons. The molecule has 188 valence electrons. The maximum Gasteiger partial charge on any atom is 0.332 e. The lowest BCUT2D eigenvalue weighted by molar-refractivity contribution is 1.20. The predicted molar refractivity (Wildman–Crippen MR) is 172 cm³/mol. The van der Waals surface area contributed by atoms with Crippen LogP contribution in [0.1, 0.15) is 0 Å². The van der Waals surface area contributed by atoms with Crippen molar-refractivity contribution in [2.24, 2.45) is 0 Å². The Bertz CT molecular complexity index is 1880.